The fourth-order valence-electron chi connectivity index (χ4n) is 1.56. The fourth-order valence-corrected chi connectivity index (χ4v) is 2.82. The van der Waals surface area contributed by atoms with Crippen molar-refractivity contribution in [3.05, 3.63) is 32.9 Å². The zero-order valence-corrected chi connectivity index (χ0v) is 14.1. The highest BCUT2D eigenvalue weighted by Gasteiger charge is 2.39. The van der Waals surface area contributed by atoms with Crippen LogP contribution < -0.4 is 11.2 Å². The van der Waals surface area contributed by atoms with Gasteiger partial charge in [0, 0.05) is 13.0 Å². The van der Waals surface area contributed by atoms with E-state index < -0.39 is 31.6 Å². The molecule has 1 heterocycles. The second kappa shape index (κ2) is 6.25. The Hall–Kier alpha value is -1.25. The standard InChI is InChI=1S/C13H23FN2O4Si/c1-13(2,3)21(4,5)20-10(6-7-17)16-8-9(14)11(18)15-12(16)19/h8,10,17H,6-7H2,1-5H3,(H,15,18,19). The van der Waals surface area contributed by atoms with E-state index in [4.69, 9.17) is 9.53 Å². The van der Waals surface area contributed by atoms with E-state index in [1.54, 1.807) is 0 Å². The molecule has 0 aromatic carbocycles. The molecule has 0 aliphatic heterocycles. The first-order valence-corrected chi connectivity index (χ1v) is 9.70. The first-order valence-electron chi connectivity index (χ1n) is 6.79. The summed E-state index contributed by atoms with van der Waals surface area (Å²) in [4.78, 5) is 24.8. The molecule has 0 bridgehead atoms. The van der Waals surface area contributed by atoms with Crippen LogP contribution in [0.25, 0.3) is 0 Å². The van der Waals surface area contributed by atoms with Gasteiger partial charge in [-0.1, -0.05) is 20.8 Å². The van der Waals surface area contributed by atoms with Crippen LogP contribution in [0.15, 0.2) is 15.8 Å². The van der Waals surface area contributed by atoms with Crippen molar-refractivity contribution < 1.29 is 13.9 Å². The lowest BCUT2D eigenvalue weighted by molar-refractivity contribution is 0.0769. The van der Waals surface area contributed by atoms with Crippen LogP contribution in [0.4, 0.5) is 4.39 Å². The topological polar surface area (TPSA) is 84.3 Å². The zero-order chi connectivity index (χ0) is 16.4. The predicted molar refractivity (Wildman–Crippen MR) is 80.3 cm³/mol. The summed E-state index contributed by atoms with van der Waals surface area (Å²) in [6, 6.07) is 0. The highest BCUT2D eigenvalue weighted by molar-refractivity contribution is 6.74. The minimum absolute atomic E-state index is 0.106. The molecule has 0 aliphatic carbocycles. The molecule has 1 aromatic heterocycles. The summed E-state index contributed by atoms with van der Waals surface area (Å²) in [6.45, 7) is 9.86. The summed E-state index contributed by atoms with van der Waals surface area (Å²) < 4.78 is 20.5. The van der Waals surface area contributed by atoms with Crippen molar-refractivity contribution in [3.8, 4) is 0 Å². The van der Waals surface area contributed by atoms with Gasteiger partial charge in [-0.25, -0.2) is 4.79 Å². The molecule has 120 valence electrons. The van der Waals surface area contributed by atoms with E-state index in [0.717, 1.165) is 10.8 Å². The second-order valence-corrected chi connectivity index (χ2v) is 11.2. The van der Waals surface area contributed by atoms with Crippen molar-refractivity contribution in [3.63, 3.8) is 0 Å². The lowest BCUT2D eigenvalue weighted by Crippen LogP contribution is -2.45. The number of rotatable bonds is 5. The van der Waals surface area contributed by atoms with E-state index in [0.29, 0.717) is 0 Å². The second-order valence-electron chi connectivity index (χ2n) is 6.49. The van der Waals surface area contributed by atoms with Crippen LogP contribution in [0.3, 0.4) is 0 Å². The molecule has 1 atom stereocenters. The smallest absolute Gasteiger partial charge is 0.330 e. The number of aliphatic hydroxyl groups excluding tert-OH is 1. The van der Waals surface area contributed by atoms with Gasteiger partial charge in [0.25, 0.3) is 5.56 Å². The number of aromatic amines is 1. The Bertz CT molecular complexity index is 603. The molecule has 21 heavy (non-hydrogen) atoms. The van der Waals surface area contributed by atoms with Crippen LogP contribution in [0.5, 0.6) is 0 Å². The Morgan fingerprint density at radius 1 is 1.43 bits per heavy atom. The maximum absolute atomic E-state index is 13.4. The van der Waals surface area contributed by atoms with Crippen molar-refractivity contribution in [2.45, 2.75) is 51.6 Å². The zero-order valence-electron chi connectivity index (χ0n) is 13.1. The van der Waals surface area contributed by atoms with Gasteiger partial charge in [-0.2, -0.15) is 4.39 Å². The largest absolute Gasteiger partial charge is 0.397 e. The molecule has 0 radical (unpaired) electrons. The number of nitrogens with one attached hydrogen (secondary N) is 1. The molecule has 0 spiro atoms. The lowest BCUT2D eigenvalue weighted by atomic mass is 10.2. The summed E-state index contributed by atoms with van der Waals surface area (Å²) in [5, 5.41) is 9.06. The van der Waals surface area contributed by atoms with Crippen LogP contribution in [-0.4, -0.2) is 29.6 Å². The van der Waals surface area contributed by atoms with E-state index in [2.05, 4.69) is 0 Å². The average Bonchev–Trinajstić information content (AvgIpc) is 2.31. The number of hydrogen-bond acceptors (Lipinski definition) is 4. The molecule has 0 saturated carbocycles. The predicted octanol–water partition coefficient (Wildman–Crippen LogP) is 1.58. The summed E-state index contributed by atoms with van der Waals surface area (Å²) in [6.07, 6.45) is 0.154. The van der Waals surface area contributed by atoms with Crippen LogP contribution in [-0.2, 0) is 4.43 Å². The molecule has 0 fully saturated rings. The summed E-state index contributed by atoms with van der Waals surface area (Å²) in [5.74, 6) is -1.06. The number of H-pyrrole nitrogens is 1. The van der Waals surface area contributed by atoms with Crippen molar-refractivity contribution in [2.75, 3.05) is 6.61 Å². The van der Waals surface area contributed by atoms with Gasteiger partial charge in [0.05, 0.1) is 6.20 Å². The molecule has 6 nitrogen and oxygen atoms in total. The third kappa shape index (κ3) is 4.11. The molecule has 0 amide bonds. The fraction of sp³-hybridized carbons (Fsp3) is 0.692. The maximum Gasteiger partial charge on any atom is 0.330 e. The van der Waals surface area contributed by atoms with Crippen LogP contribution in [0.1, 0.15) is 33.4 Å². The van der Waals surface area contributed by atoms with Crippen molar-refractivity contribution >= 4 is 8.32 Å². The average molecular weight is 318 g/mol. The number of aliphatic hydroxyl groups is 1. The summed E-state index contributed by atoms with van der Waals surface area (Å²) in [7, 11) is -2.23. The van der Waals surface area contributed by atoms with Gasteiger partial charge in [-0.05, 0) is 18.1 Å². The molecule has 2 N–H and O–H groups in total. The summed E-state index contributed by atoms with van der Waals surface area (Å²) in [5.41, 5.74) is -1.81. The molecular weight excluding hydrogens is 295 g/mol. The number of hydrogen-bond donors (Lipinski definition) is 2. The molecule has 0 saturated heterocycles. The maximum atomic E-state index is 13.4. The number of nitrogens with zero attached hydrogens (tertiary/aromatic N) is 1. The Balaban J connectivity index is 3.23. The van der Waals surface area contributed by atoms with Gasteiger partial charge in [-0.3, -0.25) is 14.3 Å². The Labute approximate surface area is 123 Å². The van der Waals surface area contributed by atoms with Crippen molar-refractivity contribution in [1.29, 1.82) is 0 Å². The molecule has 1 rings (SSSR count). The first-order chi connectivity index (χ1) is 9.49. The highest BCUT2D eigenvalue weighted by Crippen LogP contribution is 2.39. The van der Waals surface area contributed by atoms with Gasteiger partial charge in [0.15, 0.2) is 8.32 Å². The quantitative estimate of drug-likeness (QED) is 0.807. The number of halogens is 1. The van der Waals surface area contributed by atoms with E-state index in [9.17, 15) is 14.0 Å². The molecular formula is C13H23FN2O4Si. The van der Waals surface area contributed by atoms with E-state index in [1.165, 1.54) is 0 Å². The Kier molecular flexibility index (Phi) is 5.29. The molecule has 8 heteroatoms. The Morgan fingerprint density at radius 2 is 2.00 bits per heavy atom. The van der Waals surface area contributed by atoms with Crippen LogP contribution in [0, 0.1) is 5.82 Å². The van der Waals surface area contributed by atoms with Gasteiger partial charge in [-0.15, -0.1) is 0 Å². The minimum Gasteiger partial charge on any atom is -0.397 e. The van der Waals surface area contributed by atoms with E-state index in [-0.39, 0.29) is 18.1 Å². The van der Waals surface area contributed by atoms with Gasteiger partial charge in [0.1, 0.15) is 6.23 Å². The van der Waals surface area contributed by atoms with Gasteiger partial charge < -0.3 is 9.53 Å². The van der Waals surface area contributed by atoms with E-state index in [1.807, 2.05) is 38.8 Å². The highest BCUT2D eigenvalue weighted by atomic mass is 28.4. The molecule has 1 aromatic rings. The third-order valence-corrected chi connectivity index (χ3v) is 8.32. The molecule has 0 aliphatic rings. The minimum atomic E-state index is -2.23. The summed E-state index contributed by atoms with van der Waals surface area (Å²) >= 11 is 0. The van der Waals surface area contributed by atoms with Crippen LogP contribution >= 0.6 is 0 Å². The lowest BCUT2D eigenvalue weighted by Gasteiger charge is -2.39. The molecule has 1 unspecified atom stereocenters. The monoisotopic (exact) mass is 318 g/mol. The van der Waals surface area contributed by atoms with E-state index >= 15 is 0 Å². The van der Waals surface area contributed by atoms with Gasteiger partial charge in [0.2, 0.25) is 5.82 Å². The number of aromatic nitrogens is 2. The Morgan fingerprint density at radius 3 is 2.48 bits per heavy atom. The normalized spacial score (nSPS) is 14.2. The first kappa shape index (κ1) is 17.8. The van der Waals surface area contributed by atoms with Gasteiger partial charge >= 0.3 is 5.69 Å². The third-order valence-electron chi connectivity index (χ3n) is 3.85. The van der Waals surface area contributed by atoms with Crippen molar-refractivity contribution in [2.24, 2.45) is 0 Å². The SMILES string of the molecule is CC(C)(C)[Si](C)(C)OC(CCO)n1cc(F)c(=O)[nH]c1=O. The van der Waals surface area contributed by atoms with Crippen molar-refractivity contribution in [1.82, 2.24) is 9.55 Å². The van der Waals surface area contributed by atoms with Crippen LogP contribution in [0.2, 0.25) is 18.1 Å².